The van der Waals surface area contributed by atoms with Crippen molar-refractivity contribution >= 4 is 57.2 Å². The first-order valence-corrected chi connectivity index (χ1v) is 11.0. The van der Waals surface area contributed by atoms with Crippen LogP contribution >= 0.6 is 23.5 Å². The Labute approximate surface area is 163 Å². The lowest BCUT2D eigenvalue weighted by atomic mass is 10.0. The minimum absolute atomic E-state index is 1.27. The highest BCUT2D eigenvalue weighted by Gasteiger charge is 2.04. The molecule has 128 valence electrons. The van der Waals surface area contributed by atoms with Crippen molar-refractivity contribution in [3.05, 3.63) is 83.9 Å². The predicted octanol–water partition coefficient (Wildman–Crippen LogP) is 7.61. The van der Waals surface area contributed by atoms with Crippen LogP contribution in [0.4, 0.5) is 0 Å². The molecule has 0 bridgehead atoms. The lowest BCUT2D eigenvalue weighted by molar-refractivity contribution is 1.45. The number of rotatable bonds is 4. The average molecular weight is 373 g/mol. The molecule has 4 rings (SSSR count). The van der Waals surface area contributed by atoms with E-state index in [2.05, 4.69) is 97.5 Å². The van der Waals surface area contributed by atoms with Crippen molar-refractivity contribution in [3.8, 4) is 0 Å². The fraction of sp³-hybridized carbons (Fsp3) is 0.0833. The van der Waals surface area contributed by atoms with E-state index in [0.29, 0.717) is 0 Å². The first kappa shape index (κ1) is 17.3. The molecule has 26 heavy (non-hydrogen) atoms. The molecule has 0 aliphatic carbocycles. The van der Waals surface area contributed by atoms with Crippen molar-refractivity contribution in [2.24, 2.45) is 0 Å². The monoisotopic (exact) mass is 372 g/mol. The van der Waals surface area contributed by atoms with Crippen molar-refractivity contribution < 1.29 is 0 Å². The van der Waals surface area contributed by atoms with Gasteiger partial charge in [-0.2, -0.15) is 0 Å². The van der Waals surface area contributed by atoms with Crippen molar-refractivity contribution in [2.45, 2.75) is 9.79 Å². The largest absolute Gasteiger partial charge is 0.129 e. The van der Waals surface area contributed by atoms with E-state index in [1.54, 1.807) is 23.5 Å². The van der Waals surface area contributed by atoms with Crippen molar-refractivity contribution in [2.75, 3.05) is 12.5 Å². The second-order valence-electron chi connectivity index (χ2n) is 6.22. The summed E-state index contributed by atoms with van der Waals surface area (Å²) in [6.07, 6.45) is 8.79. The van der Waals surface area contributed by atoms with Crippen LogP contribution < -0.4 is 0 Å². The quantitative estimate of drug-likeness (QED) is 0.267. The third-order valence-electron chi connectivity index (χ3n) is 4.64. The zero-order valence-electron chi connectivity index (χ0n) is 14.9. The smallest absolute Gasteiger partial charge is 0.0148 e. The van der Waals surface area contributed by atoms with Crippen LogP contribution in [-0.2, 0) is 0 Å². The van der Waals surface area contributed by atoms with Crippen LogP contribution in [-0.4, -0.2) is 12.5 Å². The molecule has 0 aliphatic rings. The number of thioether (sulfide) groups is 2. The standard InChI is InChI=1S/C24H20S2/c1-25-23-15-19-9-5-3-7-17(19)13-21(23)11-12-22-14-18-8-4-6-10-20(18)16-24(22)26-2/h3-16H,1-2H3. The molecule has 0 aliphatic heterocycles. The third-order valence-corrected chi connectivity index (χ3v) is 6.23. The number of hydrogen-bond donors (Lipinski definition) is 0. The van der Waals surface area contributed by atoms with Gasteiger partial charge in [0.2, 0.25) is 0 Å². The van der Waals surface area contributed by atoms with Gasteiger partial charge in [-0.25, -0.2) is 0 Å². The highest BCUT2D eigenvalue weighted by molar-refractivity contribution is 7.99. The SMILES string of the molecule is CSc1cc2ccccc2cc1C=Cc1cc2ccccc2cc1SC. The maximum atomic E-state index is 2.29. The zero-order chi connectivity index (χ0) is 17.9. The summed E-state index contributed by atoms with van der Waals surface area (Å²) in [5.41, 5.74) is 2.55. The molecule has 0 saturated heterocycles. The average Bonchev–Trinajstić information content (AvgIpc) is 2.70. The Morgan fingerprint density at radius 3 is 1.23 bits per heavy atom. The van der Waals surface area contributed by atoms with Crippen LogP contribution in [0.15, 0.2) is 82.6 Å². The lowest BCUT2D eigenvalue weighted by Crippen LogP contribution is -1.84. The van der Waals surface area contributed by atoms with Gasteiger partial charge in [-0.15, -0.1) is 23.5 Å². The minimum atomic E-state index is 1.27. The number of hydrogen-bond acceptors (Lipinski definition) is 2. The summed E-state index contributed by atoms with van der Waals surface area (Å²) in [5.74, 6) is 0. The Bertz CT molecular complexity index is 1020. The molecule has 0 aromatic heterocycles. The molecule has 0 atom stereocenters. The summed E-state index contributed by atoms with van der Waals surface area (Å²) in [4.78, 5) is 2.62. The van der Waals surface area contributed by atoms with E-state index in [1.165, 1.54) is 42.5 Å². The molecule has 0 heterocycles. The summed E-state index contributed by atoms with van der Waals surface area (Å²) in [6, 6.07) is 26.3. The summed E-state index contributed by atoms with van der Waals surface area (Å²) in [5, 5.41) is 5.16. The van der Waals surface area contributed by atoms with Crippen molar-refractivity contribution in [1.29, 1.82) is 0 Å². The molecule has 0 fully saturated rings. The molecule has 0 N–H and O–H groups in total. The summed E-state index contributed by atoms with van der Waals surface area (Å²) in [6.45, 7) is 0. The van der Waals surface area contributed by atoms with Gasteiger partial charge in [0.25, 0.3) is 0 Å². The lowest BCUT2D eigenvalue weighted by Gasteiger charge is -2.08. The maximum absolute atomic E-state index is 2.29. The van der Waals surface area contributed by atoms with E-state index in [4.69, 9.17) is 0 Å². The molecule has 0 unspecified atom stereocenters. The van der Waals surface area contributed by atoms with Gasteiger partial charge in [-0.1, -0.05) is 60.7 Å². The summed E-state index contributed by atoms with van der Waals surface area (Å²) < 4.78 is 0. The van der Waals surface area contributed by atoms with Crippen LogP contribution in [0, 0.1) is 0 Å². The van der Waals surface area contributed by atoms with Gasteiger partial charge in [0.15, 0.2) is 0 Å². The van der Waals surface area contributed by atoms with E-state index in [0.717, 1.165) is 0 Å². The van der Waals surface area contributed by atoms with E-state index < -0.39 is 0 Å². The Hall–Kier alpha value is -2.16. The van der Waals surface area contributed by atoms with Crippen LogP contribution in [0.5, 0.6) is 0 Å². The Morgan fingerprint density at radius 1 is 0.538 bits per heavy atom. The molecule has 0 radical (unpaired) electrons. The Morgan fingerprint density at radius 2 is 0.885 bits per heavy atom. The highest BCUT2D eigenvalue weighted by atomic mass is 32.2. The molecule has 0 spiro atoms. The second-order valence-corrected chi connectivity index (χ2v) is 7.91. The van der Waals surface area contributed by atoms with Gasteiger partial charge in [-0.3, -0.25) is 0 Å². The normalized spacial score (nSPS) is 11.6. The van der Waals surface area contributed by atoms with Gasteiger partial charge < -0.3 is 0 Å². The van der Waals surface area contributed by atoms with Crippen LogP contribution in [0.2, 0.25) is 0 Å². The molecule has 4 aromatic carbocycles. The van der Waals surface area contributed by atoms with E-state index in [1.807, 2.05) is 0 Å². The molecular formula is C24H20S2. The minimum Gasteiger partial charge on any atom is -0.129 e. The molecule has 4 aromatic rings. The molecule has 2 heteroatoms. The van der Waals surface area contributed by atoms with Crippen molar-refractivity contribution in [3.63, 3.8) is 0 Å². The Balaban J connectivity index is 1.80. The van der Waals surface area contributed by atoms with Crippen LogP contribution in [0.3, 0.4) is 0 Å². The molecular weight excluding hydrogens is 352 g/mol. The summed E-state index contributed by atoms with van der Waals surface area (Å²) >= 11 is 3.60. The second kappa shape index (κ2) is 7.61. The van der Waals surface area contributed by atoms with Gasteiger partial charge in [0, 0.05) is 9.79 Å². The zero-order valence-corrected chi connectivity index (χ0v) is 16.5. The van der Waals surface area contributed by atoms with Gasteiger partial charge in [0.05, 0.1) is 0 Å². The van der Waals surface area contributed by atoms with Gasteiger partial charge in [0.1, 0.15) is 0 Å². The first-order chi connectivity index (χ1) is 12.8. The van der Waals surface area contributed by atoms with Crippen LogP contribution in [0.1, 0.15) is 11.1 Å². The number of benzene rings is 4. The Kier molecular flexibility index (Phi) is 5.05. The number of fused-ring (bicyclic) bond motifs is 2. The summed E-state index contributed by atoms with van der Waals surface area (Å²) in [7, 11) is 0. The first-order valence-electron chi connectivity index (χ1n) is 8.60. The molecule has 0 nitrogen and oxygen atoms in total. The van der Waals surface area contributed by atoms with E-state index >= 15 is 0 Å². The maximum Gasteiger partial charge on any atom is 0.0148 e. The third kappa shape index (κ3) is 3.40. The van der Waals surface area contributed by atoms with Crippen LogP contribution in [0.25, 0.3) is 33.7 Å². The van der Waals surface area contributed by atoms with E-state index in [9.17, 15) is 0 Å². The predicted molar refractivity (Wildman–Crippen MR) is 120 cm³/mol. The van der Waals surface area contributed by atoms with E-state index in [-0.39, 0.29) is 0 Å². The topological polar surface area (TPSA) is 0 Å². The molecule has 0 saturated carbocycles. The van der Waals surface area contributed by atoms with Gasteiger partial charge >= 0.3 is 0 Å². The fourth-order valence-electron chi connectivity index (χ4n) is 3.27. The van der Waals surface area contributed by atoms with Crippen molar-refractivity contribution in [1.82, 2.24) is 0 Å². The van der Waals surface area contributed by atoms with Gasteiger partial charge in [-0.05, 0) is 69.4 Å². The fourth-order valence-corrected chi connectivity index (χ4v) is 4.48. The molecule has 0 amide bonds. The highest BCUT2D eigenvalue weighted by Crippen LogP contribution is 2.31.